The second-order valence-electron chi connectivity index (χ2n) is 5.62. The highest BCUT2D eigenvalue weighted by Gasteiger charge is 2.35. The zero-order valence-electron chi connectivity index (χ0n) is 11.3. The van der Waals surface area contributed by atoms with Gasteiger partial charge in [0.05, 0.1) is 12.0 Å². The van der Waals surface area contributed by atoms with Crippen molar-refractivity contribution in [1.82, 2.24) is 4.90 Å². The number of carboxylic acids is 1. The molecular formula is C14H25NO3. The fraction of sp³-hybridized carbons (Fsp3) is 0.929. The first kappa shape index (κ1) is 13.8. The molecule has 2 unspecified atom stereocenters. The van der Waals surface area contributed by atoms with Crippen molar-refractivity contribution in [2.75, 3.05) is 20.2 Å². The van der Waals surface area contributed by atoms with Crippen LogP contribution in [0.15, 0.2) is 0 Å². The minimum atomic E-state index is -0.601. The highest BCUT2D eigenvalue weighted by atomic mass is 16.5. The molecular weight excluding hydrogens is 230 g/mol. The topological polar surface area (TPSA) is 49.8 Å². The second-order valence-corrected chi connectivity index (χ2v) is 5.62. The van der Waals surface area contributed by atoms with Crippen molar-refractivity contribution in [1.29, 1.82) is 0 Å². The van der Waals surface area contributed by atoms with Crippen molar-refractivity contribution >= 4 is 5.97 Å². The van der Waals surface area contributed by atoms with Gasteiger partial charge in [0.1, 0.15) is 0 Å². The average molecular weight is 255 g/mol. The van der Waals surface area contributed by atoms with Crippen LogP contribution in [0.25, 0.3) is 0 Å². The number of methoxy groups -OCH3 is 1. The van der Waals surface area contributed by atoms with Crippen LogP contribution in [-0.2, 0) is 9.53 Å². The van der Waals surface area contributed by atoms with Gasteiger partial charge in [-0.05, 0) is 25.7 Å². The Morgan fingerprint density at radius 1 is 1.11 bits per heavy atom. The summed E-state index contributed by atoms with van der Waals surface area (Å²) in [5.74, 6) is -0.762. The van der Waals surface area contributed by atoms with E-state index >= 15 is 0 Å². The Balaban J connectivity index is 1.97. The Labute approximate surface area is 109 Å². The molecule has 4 nitrogen and oxygen atoms in total. The molecule has 18 heavy (non-hydrogen) atoms. The third-order valence-corrected chi connectivity index (χ3v) is 4.58. The van der Waals surface area contributed by atoms with Crippen LogP contribution < -0.4 is 0 Å². The molecule has 4 heteroatoms. The summed E-state index contributed by atoms with van der Waals surface area (Å²) in [5, 5.41) is 9.41. The summed E-state index contributed by atoms with van der Waals surface area (Å²) < 4.78 is 5.38. The van der Waals surface area contributed by atoms with E-state index in [2.05, 4.69) is 4.90 Å². The van der Waals surface area contributed by atoms with Crippen molar-refractivity contribution < 1.29 is 14.6 Å². The van der Waals surface area contributed by atoms with E-state index in [0.717, 1.165) is 45.2 Å². The van der Waals surface area contributed by atoms with Crippen molar-refractivity contribution in [3.05, 3.63) is 0 Å². The monoisotopic (exact) mass is 255 g/mol. The predicted molar refractivity (Wildman–Crippen MR) is 69.6 cm³/mol. The van der Waals surface area contributed by atoms with Gasteiger partial charge < -0.3 is 9.84 Å². The van der Waals surface area contributed by atoms with Crippen LogP contribution in [0.5, 0.6) is 0 Å². The number of nitrogens with zero attached hydrogens (tertiary/aromatic N) is 1. The molecule has 0 aromatic rings. The van der Waals surface area contributed by atoms with Gasteiger partial charge in [0.2, 0.25) is 0 Å². The molecule has 1 N–H and O–H groups in total. The molecule has 1 saturated carbocycles. The molecule has 1 aliphatic heterocycles. The second kappa shape index (κ2) is 6.53. The van der Waals surface area contributed by atoms with Crippen molar-refractivity contribution in [3.63, 3.8) is 0 Å². The molecule has 1 saturated heterocycles. The Hall–Kier alpha value is -0.610. The van der Waals surface area contributed by atoms with Crippen molar-refractivity contribution in [2.45, 2.75) is 57.1 Å². The summed E-state index contributed by atoms with van der Waals surface area (Å²) in [4.78, 5) is 13.8. The Bertz CT molecular complexity index is 274. The fourth-order valence-corrected chi connectivity index (χ4v) is 3.46. The van der Waals surface area contributed by atoms with Crippen LogP contribution in [0.2, 0.25) is 0 Å². The smallest absolute Gasteiger partial charge is 0.308 e. The number of likely N-dealkylation sites (tertiary alicyclic amines) is 1. The van der Waals surface area contributed by atoms with E-state index in [0.29, 0.717) is 6.10 Å². The van der Waals surface area contributed by atoms with E-state index in [4.69, 9.17) is 4.74 Å². The number of rotatable bonds is 3. The Kier molecular flexibility index (Phi) is 5.01. The number of aliphatic carboxylic acids is 1. The minimum Gasteiger partial charge on any atom is -0.481 e. The van der Waals surface area contributed by atoms with Crippen molar-refractivity contribution in [2.24, 2.45) is 5.92 Å². The number of piperidine rings is 1. The van der Waals surface area contributed by atoms with Gasteiger partial charge >= 0.3 is 5.97 Å². The van der Waals surface area contributed by atoms with Gasteiger partial charge in [-0.2, -0.15) is 0 Å². The number of ether oxygens (including phenoxy) is 1. The normalized spacial score (nSPS) is 32.1. The lowest BCUT2D eigenvalue weighted by Crippen LogP contribution is -2.48. The largest absolute Gasteiger partial charge is 0.481 e. The van der Waals surface area contributed by atoms with Gasteiger partial charge in [-0.3, -0.25) is 9.69 Å². The molecule has 2 aliphatic rings. The van der Waals surface area contributed by atoms with E-state index in [9.17, 15) is 9.90 Å². The lowest BCUT2D eigenvalue weighted by Gasteiger charge is -2.39. The molecule has 2 atom stereocenters. The number of carbonyl (C=O) groups is 1. The minimum absolute atomic E-state index is 0.161. The van der Waals surface area contributed by atoms with E-state index in [-0.39, 0.29) is 12.0 Å². The molecule has 2 rings (SSSR count). The lowest BCUT2D eigenvalue weighted by molar-refractivity contribution is -0.145. The summed E-state index contributed by atoms with van der Waals surface area (Å²) in [7, 11) is 1.77. The van der Waals surface area contributed by atoms with Crippen LogP contribution in [0.4, 0.5) is 0 Å². The molecule has 0 bridgehead atoms. The average Bonchev–Trinajstić information content (AvgIpc) is 2.64. The predicted octanol–water partition coefficient (Wildman–Crippen LogP) is 2.13. The zero-order valence-corrected chi connectivity index (χ0v) is 11.3. The highest BCUT2D eigenvalue weighted by molar-refractivity contribution is 5.70. The van der Waals surface area contributed by atoms with E-state index in [1.165, 1.54) is 12.8 Å². The first-order valence-electron chi connectivity index (χ1n) is 7.22. The highest BCUT2D eigenvalue weighted by Crippen LogP contribution is 2.30. The summed E-state index contributed by atoms with van der Waals surface area (Å²) in [6.45, 7) is 1.99. The van der Waals surface area contributed by atoms with Gasteiger partial charge in [-0.1, -0.05) is 19.3 Å². The van der Waals surface area contributed by atoms with Crippen LogP contribution in [0.1, 0.15) is 44.9 Å². The quantitative estimate of drug-likeness (QED) is 0.785. The van der Waals surface area contributed by atoms with Gasteiger partial charge in [0.15, 0.2) is 0 Å². The molecule has 0 amide bonds. The summed E-state index contributed by atoms with van der Waals surface area (Å²) >= 11 is 0. The SMILES string of the molecule is COC1CCN(C2CCCCCC2C(=O)O)CC1. The van der Waals surface area contributed by atoms with Gasteiger partial charge in [0.25, 0.3) is 0 Å². The first-order valence-corrected chi connectivity index (χ1v) is 7.22. The summed E-state index contributed by atoms with van der Waals surface area (Å²) in [6.07, 6.45) is 7.79. The van der Waals surface area contributed by atoms with E-state index < -0.39 is 5.97 Å². The third-order valence-electron chi connectivity index (χ3n) is 4.58. The van der Waals surface area contributed by atoms with Crippen LogP contribution in [-0.4, -0.2) is 48.3 Å². The number of carboxylic acid groups (broad SMARTS) is 1. The maximum Gasteiger partial charge on any atom is 0.308 e. The van der Waals surface area contributed by atoms with E-state index in [1.54, 1.807) is 7.11 Å². The first-order chi connectivity index (χ1) is 8.72. The summed E-state index contributed by atoms with van der Waals surface area (Å²) in [5.41, 5.74) is 0. The summed E-state index contributed by atoms with van der Waals surface area (Å²) in [6, 6.07) is 0.253. The van der Waals surface area contributed by atoms with Crippen LogP contribution >= 0.6 is 0 Å². The van der Waals surface area contributed by atoms with Gasteiger partial charge in [-0.15, -0.1) is 0 Å². The van der Waals surface area contributed by atoms with Crippen LogP contribution in [0.3, 0.4) is 0 Å². The van der Waals surface area contributed by atoms with Gasteiger partial charge in [0, 0.05) is 26.2 Å². The lowest BCUT2D eigenvalue weighted by atomic mass is 9.91. The fourth-order valence-electron chi connectivity index (χ4n) is 3.46. The molecule has 0 radical (unpaired) electrons. The Morgan fingerprint density at radius 3 is 2.39 bits per heavy atom. The number of hydrogen-bond donors (Lipinski definition) is 1. The maximum atomic E-state index is 11.4. The van der Waals surface area contributed by atoms with E-state index in [1.807, 2.05) is 0 Å². The third kappa shape index (κ3) is 3.23. The zero-order chi connectivity index (χ0) is 13.0. The molecule has 0 aromatic heterocycles. The molecule has 1 heterocycles. The van der Waals surface area contributed by atoms with Crippen LogP contribution in [0, 0.1) is 5.92 Å². The molecule has 104 valence electrons. The maximum absolute atomic E-state index is 11.4. The number of hydrogen-bond acceptors (Lipinski definition) is 3. The van der Waals surface area contributed by atoms with Gasteiger partial charge in [-0.25, -0.2) is 0 Å². The molecule has 0 aromatic carbocycles. The van der Waals surface area contributed by atoms with Crippen molar-refractivity contribution in [3.8, 4) is 0 Å². The standard InChI is InChI=1S/C14H25NO3/c1-18-11-7-9-15(10-8-11)13-6-4-2-3-5-12(13)14(16)17/h11-13H,2-10H2,1H3,(H,16,17). The molecule has 2 fully saturated rings. The Morgan fingerprint density at radius 2 is 1.78 bits per heavy atom. The molecule has 0 spiro atoms. The molecule has 1 aliphatic carbocycles.